The van der Waals surface area contributed by atoms with E-state index in [1.807, 2.05) is 12.2 Å². The lowest BCUT2D eigenvalue weighted by molar-refractivity contribution is 0.0981. The van der Waals surface area contributed by atoms with Gasteiger partial charge in [0.1, 0.15) is 11.6 Å². The normalized spacial score (nSPS) is 19.4. The van der Waals surface area contributed by atoms with E-state index in [0.717, 1.165) is 19.4 Å². The minimum absolute atomic E-state index is 0.187. The van der Waals surface area contributed by atoms with Crippen molar-refractivity contribution in [3.8, 4) is 0 Å². The zero-order chi connectivity index (χ0) is 23.6. The third-order valence-electron chi connectivity index (χ3n) is 5.93. The number of hydrogen-bond donors (Lipinski definition) is 2. The number of pyridine rings is 2. The molecule has 2 aromatic rings. The smallest absolute Gasteiger partial charge is 0.281 e. The van der Waals surface area contributed by atoms with Gasteiger partial charge in [-0.1, -0.05) is 31.2 Å². The fraction of sp³-hybridized carbons (Fsp3) is 0.375. The van der Waals surface area contributed by atoms with Crippen LogP contribution in [-0.2, 0) is 10.0 Å². The highest BCUT2D eigenvalue weighted by molar-refractivity contribution is 7.90. The summed E-state index contributed by atoms with van der Waals surface area (Å²) in [5, 5.41) is 2.91. The SMILES string of the molecule is CC1CN(c2ncccc2C(=O)NS(=O)(=O)c2cccc(NCC3=CC=CC3)n2)C(C)(C)C1. The Kier molecular flexibility index (Phi) is 6.25. The Labute approximate surface area is 194 Å². The maximum absolute atomic E-state index is 13.1. The second kappa shape index (κ2) is 8.97. The van der Waals surface area contributed by atoms with E-state index in [1.165, 1.54) is 11.6 Å². The van der Waals surface area contributed by atoms with E-state index in [0.29, 0.717) is 24.1 Å². The predicted octanol–water partition coefficient (Wildman–Crippen LogP) is 3.52. The molecule has 0 radical (unpaired) electrons. The monoisotopic (exact) mass is 467 g/mol. The lowest BCUT2D eigenvalue weighted by Gasteiger charge is -2.33. The predicted molar refractivity (Wildman–Crippen MR) is 129 cm³/mol. The molecule has 1 amide bonds. The lowest BCUT2D eigenvalue weighted by Crippen LogP contribution is -2.41. The molecular formula is C24H29N5O3S. The molecule has 1 unspecified atom stereocenters. The minimum atomic E-state index is -4.17. The largest absolute Gasteiger partial charge is 0.366 e. The van der Waals surface area contributed by atoms with E-state index in [4.69, 9.17) is 0 Å². The molecule has 9 heteroatoms. The fourth-order valence-electron chi connectivity index (χ4n) is 4.47. The van der Waals surface area contributed by atoms with Crippen molar-refractivity contribution in [2.75, 3.05) is 23.3 Å². The average molecular weight is 468 g/mol. The Hall–Kier alpha value is -3.20. The van der Waals surface area contributed by atoms with E-state index in [1.54, 1.807) is 30.5 Å². The van der Waals surface area contributed by atoms with E-state index in [9.17, 15) is 13.2 Å². The molecule has 0 bridgehead atoms. The maximum Gasteiger partial charge on any atom is 0.281 e. The molecule has 4 rings (SSSR count). The molecule has 2 aromatic heterocycles. The summed E-state index contributed by atoms with van der Waals surface area (Å²) >= 11 is 0. The summed E-state index contributed by atoms with van der Waals surface area (Å²) in [7, 11) is -4.17. The first-order valence-electron chi connectivity index (χ1n) is 11.0. The first-order chi connectivity index (χ1) is 15.7. The zero-order valence-corrected chi connectivity index (χ0v) is 19.9. The molecule has 1 aliphatic carbocycles. The van der Waals surface area contributed by atoms with Gasteiger partial charge in [0.25, 0.3) is 15.9 Å². The summed E-state index contributed by atoms with van der Waals surface area (Å²) < 4.78 is 28.1. The molecule has 8 nitrogen and oxygen atoms in total. The molecule has 1 fully saturated rings. The fourth-order valence-corrected chi connectivity index (χ4v) is 5.40. The van der Waals surface area contributed by atoms with Gasteiger partial charge in [0, 0.05) is 24.8 Å². The standard InChI is InChI=1S/C24H29N5O3S/c1-17-14-24(2,3)29(16-17)22-19(10-7-13-25-22)23(30)28-33(31,32)21-12-6-11-20(27-21)26-15-18-8-4-5-9-18/h4-8,10-13,17H,9,14-16H2,1-3H3,(H,26,27)(H,28,30). The molecule has 3 heterocycles. The third kappa shape index (κ3) is 5.08. The van der Waals surface area contributed by atoms with Crippen LogP contribution in [0.25, 0.3) is 0 Å². The van der Waals surface area contributed by atoms with Gasteiger partial charge in [0.05, 0.1) is 5.56 Å². The number of amides is 1. The van der Waals surface area contributed by atoms with Gasteiger partial charge in [-0.25, -0.2) is 14.7 Å². The number of hydrogen-bond acceptors (Lipinski definition) is 7. The van der Waals surface area contributed by atoms with Gasteiger partial charge in [0.2, 0.25) is 0 Å². The Bertz CT molecular complexity index is 1220. The Balaban J connectivity index is 1.53. The number of anilines is 2. The number of aromatic nitrogens is 2. The molecule has 0 aromatic carbocycles. The highest BCUT2D eigenvalue weighted by atomic mass is 32.2. The number of nitrogens with one attached hydrogen (secondary N) is 2. The topological polar surface area (TPSA) is 104 Å². The lowest BCUT2D eigenvalue weighted by atomic mass is 9.97. The zero-order valence-electron chi connectivity index (χ0n) is 19.1. The minimum Gasteiger partial charge on any atom is -0.366 e. The number of sulfonamides is 1. The summed E-state index contributed by atoms with van der Waals surface area (Å²) in [4.78, 5) is 23.8. The van der Waals surface area contributed by atoms with Crippen LogP contribution in [0, 0.1) is 5.92 Å². The van der Waals surface area contributed by atoms with Crippen molar-refractivity contribution < 1.29 is 13.2 Å². The van der Waals surface area contributed by atoms with Crippen LogP contribution in [-0.4, -0.2) is 42.9 Å². The number of carbonyl (C=O) groups excluding carboxylic acids is 1. The van der Waals surface area contributed by atoms with Crippen molar-refractivity contribution in [3.63, 3.8) is 0 Å². The van der Waals surface area contributed by atoms with Crippen molar-refractivity contribution in [1.29, 1.82) is 0 Å². The molecular weight excluding hydrogens is 438 g/mol. The van der Waals surface area contributed by atoms with Crippen LogP contribution in [0.4, 0.5) is 11.6 Å². The first kappa shape index (κ1) is 23.0. The van der Waals surface area contributed by atoms with Crippen molar-refractivity contribution in [2.24, 2.45) is 5.92 Å². The summed E-state index contributed by atoms with van der Waals surface area (Å²) in [6.45, 7) is 7.67. The number of rotatable bonds is 7. The van der Waals surface area contributed by atoms with Crippen molar-refractivity contribution in [2.45, 2.75) is 44.2 Å². The summed E-state index contributed by atoms with van der Waals surface area (Å²) in [5.74, 6) is 0.627. The molecule has 174 valence electrons. The molecule has 1 atom stereocenters. The molecule has 1 aliphatic heterocycles. The Morgan fingerprint density at radius 1 is 1.24 bits per heavy atom. The molecule has 2 aliphatic rings. The molecule has 1 saturated heterocycles. The first-order valence-corrected chi connectivity index (χ1v) is 12.5. The highest BCUT2D eigenvalue weighted by Crippen LogP contribution is 2.37. The van der Waals surface area contributed by atoms with Gasteiger partial charge in [-0.2, -0.15) is 8.42 Å². The van der Waals surface area contributed by atoms with Gasteiger partial charge in [0.15, 0.2) is 5.03 Å². The van der Waals surface area contributed by atoms with Crippen molar-refractivity contribution in [3.05, 3.63) is 65.9 Å². The Morgan fingerprint density at radius 3 is 2.76 bits per heavy atom. The molecule has 0 saturated carbocycles. The Morgan fingerprint density at radius 2 is 2.06 bits per heavy atom. The van der Waals surface area contributed by atoms with Crippen LogP contribution in [0.15, 0.2) is 65.4 Å². The molecule has 2 N–H and O–H groups in total. The second-order valence-corrected chi connectivity index (χ2v) is 10.8. The van der Waals surface area contributed by atoms with Crippen LogP contribution in [0.5, 0.6) is 0 Å². The van der Waals surface area contributed by atoms with E-state index >= 15 is 0 Å². The molecule has 0 spiro atoms. The van der Waals surface area contributed by atoms with Gasteiger partial charge in [-0.15, -0.1) is 0 Å². The van der Waals surface area contributed by atoms with Crippen LogP contribution in [0.2, 0.25) is 0 Å². The van der Waals surface area contributed by atoms with Crippen molar-refractivity contribution in [1.82, 2.24) is 14.7 Å². The second-order valence-electron chi connectivity index (χ2n) is 9.21. The number of carbonyl (C=O) groups is 1. The van der Waals surface area contributed by atoms with Gasteiger partial charge >= 0.3 is 0 Å². The van der Waals surface area contributed by atoms with Crippen molar-refractivity contribution >= 4 is 27.6 Å². The average Bonchev–Trinajstić information content (AvgIpc) is 3.38. The summed E-state index contributed by atoms with van der Waals surface area (Å²) in [6.07, 6.45) is 9.49. The van der Waals surface area contributed by atoms with Crippen LogP contribution in [0.1, 0.15) is 44.0 Å². The summed E-state index contributed by atoms with van der Waals surface area (Å²) in [6, 6.07) is 7.89. The highest BCUT2D eigenvalue weighted by Gasteiger charge is 2.39. The van der Waals surface area contributed by atoms with E-state index in [-0.39, 0.29) is 16.1 Å². The van der Waals surface area contributed by atoms with Crippen LogP contribution in [0.3, 0.4) is 0 Å². The number of allylic oxidation sites excluding steroid dienone is 3. The van der Waals surface area contributed by atoms with E-state index < -0.39 is 15.9 Å². The van der Waals surface area contributed by atoms with Gasteiger partial charge in [-0.3, -0.25) is 4.79 Å². The summed E-state index contributed by atoms with van der Waals surface area (Å²) in [5.41, 5.74) is 1.22. The quantitative estimate of drug-likeness (QED) is 0.642. The number of nitrogens with zero attached hydrogens (tertiary/aromatic N) is 3. The molecule has 33 heavy (non-hydrogen) atoms. The van der Waals surface area contributed by atoms with Crippen LogP contribution >= 0.6 is 0 Å². The van der Waals surface area contributed by atoms with Gasteiger partial charge in [-0.05, 0) is 62.4 Å². The van der Waals surface area contributed by atoms with Gasteiger partial charge < -0.3 is 10.2 Å². The third-order valence-corrected chi connectivity index (χ3v) is 7.16. The van der Waals surface area contributed by atoms with E-state index in [2.05, 4.69) is 51.8 Å². The maximum atomic E-state index is 13.1. The van der Waals surface area contributed by atoms with Crippen LogP contribution < -0.4 is 14.9 Å².